The molecule has 1 heterocycles. The number of halogens is 2. The van der Waals surface area contributed by atoms with Gasteiger partial charge in [0.2, 0.25) is 5.91 Å². The van der Waals surface area contributed by atoms with Crippen LogP contribution in [0, 0.1) is 0 Å². The van der Waals surface area contributed by atoms with Crippen molar-refractivity contribution in [2.45, 2.75) is 18.6 Å². The Kier molecular flexibility index (Phi) is 7.05. The van der Waals surface area contributed by atoms with Crippen molar-refractivity contribution < 1.29 is 4.79 Å². The van der Waals surface area contributed by atoms with Crippen LogP contribution in [0.2, 0.25) is 10.0 Å². The molecule has 0 bridgehead atoms. The zero-order valence-electron chi connectivity index (χ0n) is 16.3. The highest BCUT2D eigenvalue weighted by molar-refractivity contribution is 7.99. The van der Waals surface area contributed by atoms with E-state index in [9.17, 15) is 4.79 Å². The lowest BCUT2D eigenvalue weighted by molar-refractivity contribution is -0.113. The molecule has 1 amide bonds. The Bertz CT molecular complexity index is 1000. The van der Waals surface area contributed by atoms with Gasteiger partial charge in [0.1, 0.15) is 0 Å². The number of anilines is 2. The van der Waals surface area contributed by atoms with E-state index < -0.39 is 0 Å². The monoisotopic (exact) mass is 449 g/mol. The first-order chi connectivity index (χ1) is 13.9. The minimum Gasteiger partial charge on any atom is -0.378 e. The first-order valence-electron chi connectivity index (χ1n) is 8.97. The molecule has 0 saturated heterocycles. The second-order valence-electron chi connectivity index (χ2n) is 6.45. The van der Waals surface area contributed by atoms with Gasteiger partial charge in [0.25, 0.3) is 0 Å². The molecular weight excluding hydrogens is 429 g/mol. The average molecular weight is 450 g/mol. The van der Waals surface area contributed by atoms with Gasteiger partial charge < -0.3 is 14.8 Å². The summed E-state index contributed by atoms with van der Waals surface area (Å²) in [4.78, 5) is 14.4. The van der Waals surface area contributed by atoms with E-state index in [1.165, 1.54) is 11.8 Å². The van der Waals surface area contributed by atoms with Crippen molar-refractivity contribution in [2.24, 2.45) is 0 Å². The van der Waals surface area contributed by atoms with Crippen LogP contribution in [0.25, 0.3) is 11.4 Å². The third kappa shape index (κ3) is 5.23. The van der Waals surface area contributed by atoms with Crippen LogP contribution in [-0.2, 0) is 11.3 Å². The number of nitrogens with zero attached hydrogens (tertiary/aromatic N) is 4. The summed E-state index contributed by atoms with van der Waals surface area (Å²) in [5, 5.41) is 13.0. The van der Waals surface area contributed by atoms with Crippen LogP contribution in [0.5, 0.6) is 0 Å². The average Bonchev–Trinajstić information content (AvgIpc) is 3.12. The smallest absolute Gasteiger partial charge is 0.234 e. The molecule has 0 aliphatic heterocycles. The fraction of sp³-hybridized carbons (Fsp3) is 0.250. The van der Waals surface area contributed by atoms with E-state index in [1.807, 2.05) is 54.8 Å². The number of carbonyl (C=O) groups is 1. The molecule has 29 heavy (non-hydrogen) atoms. The van der Waals surface area contributed by atoms with Crippen LogP contribution in [0.15, 0.2) is 47.6 Å². The van der Waals surface area contributed by atoms with E-state index in [2.05, 4.69) is 15.5 Å². The van der Waals surface area contributed by atoms with Gasteiger partial charge in [0, 0.05) is 36.9 Å². The second kappa shape index (κ2) is 9.52. The highest BCUT2D eigenvalue weighted by atomic mass is 35.5. The Balaban J connectivity index is 1.70. The maximum atomic E-state index is 12.3. The van der Waals surface area contributed by atoms with E-state index >= 15 is 0 Å². The molecule has 9 heteroatoms. The largest absolute Gasteiger partial charge is 0.378 e. The van der Waals surface area contributed by atoms with Crippen molar-refractivity contribution in [1.82, 2.24) is 14.8 Å². The Hall–Kier alpha value is -2.22. The maximum Gasteiger partial charge on any atom is 0.234 e. The molecule has 152 valence electrons. The van der Waals surface area contributed by atoms with Gasteiger partial charge in [0.15, 0.2) is 11.0 Å². The van der Waals surface area contributed by atoms with Crippen LogP contribution < -0.4 is 10.2 Å². The lowest BCUT2D eigenvalue weighted by Crippen LogP contribution is -2.15. The highest BCUT2D eigenvalue weighted by Gasteiger charge is 2.15. The van der Waals surface area contributed by atoms with Gasteiger partial charge in [-0.2, -0.15) is 0 Å². The Morgan fingerprint density at radius 3 is 2.52 bits per heavy atom. The molecule has 0 spiro atoms. The van der Waals surface area contributed by atoms with Crippen molar-refractivity contribution >= 4 is 52.2 Å². The predicted molar refractivity (Wildman–Crippen MR) is 121 cm³/mol. The minimum absolute atomic E-state index is 0.181. The molecule has 6 nitrogen and oxygen atoms in total. The molecule has 3 aromatic rings. The van der Waals surface area contributed by atoms with Crippen molar-refractivity contribution in [3.05, 3.63) is 52.5 Å². The molecule has 0 aliphatic rings. The molecule has 0 unspecified atom stereocenters. The minimum atomic E-state index is -0.193. The summed E-state index contributed by atoms with van der Waals surface area (Å²) in [5.74, 6) is 0.765. The van der Waals surface area contributed by atoms with Gasteiger partial charge in [-0.1, -0.05) is 35.0 Å². The lowest BCUT2D eigenvalue weighted by atomic mass is 10.2. The quantitative estimate of drug-likeness (QED) is 0.510. The van der Waals surface area contributed by atoms with Gasteiger partial charge in [-0.05, 0) is 49.4 Å². The number of amides is 1. The van der Waals surface area contributed by atoms with Crippen LogP contribution >= 0.6 is 35.0 Å². The number of thioether (sulfide) groups is 1. The van der Waals surface area contributed by atoms with E-state index in [0.717, 1.165) is 17.1 Å². The molecule has 2 aromatic carbocycles. The van der Waals surface area contributed by atoms with Gasteiger partial charge >= 0.3 is 0 Å². The molecule has 0 aliphatic carbocycles. The summed E-state index contributed by atoms with van der Waals surface area (Å²) in [6, 6.07) is 13.1. The van der Waals surface area contributed by atoms with E-state index in [4.69, 9.17) is 23.2 Å². The first kappa shape index (κ1) is 21.5. The van der Waals surface area contributed by atoms with Gasteiger partial charge in [-0.25, -0.2) is 0 Å². The molecule has 0 atom stereocenters. The summed E-state index contributed by atoms with van der Waals surface area (Å²) in [7, 11) is 4.00. The number of benzene rings is 2. The third-order valence-corrected chi connectivity index (χ3v) is 5.74. The third-order valence-electron chi connectivity index (χ3n) is 4.21. The molecule has 3 rings (SSSR count). The molecule has 0 fully saturated rings. The van der Waals surface area contributed by atoms with Crippen molar-refractivity contribution in [2.75, 3.05) is 30.1 Å². The topological polar surface area (TPSA) is 63.1 Å². The second-order valence-corrected chi connectivity index (χ2v) is 8.24. The number of nitrogens with one attached hydrogen (secondary N) is 1. The predicted octanol–water partition coefficient (Wildman–Crippen LogP) is 5.07. The summed E-state index contributed by atoms with van der Waals surface area (Å²) >= 11 is 13.4. The Morgan fingerprint density at radius 2 is 1.86 bits per heavy atom. The van der Waals surface area contributed by atoms with E-state index in [0.29, 0.717) is 27.4 Å². The van der Waals surface area contributed by atoms with Crippen LogP contribution in [0.4, 0.5) is 11.4 Å². The molecular formula is C20H21Cl2N5OS. The number of carbonyl (C=O) groups excluding carboxylic acids is 1. The van der Waals surface area contributed by atoms with Gasteiger partial charge in [-0.3, -0.25) is 4.79 Å². The molecule has 1 N–H and O–H groups in total. The zero-order chi connectivity index (χ0) is 21.0. The summed E-state index contributed by atoms with van der Waals surface area (Å²) in [5.41, 5.74) is 2.58. The van der Waals surface area contributed by atoms with Crippen molar-refractivity contribution in [3.63, 3.8) is 0 Å². The number of hydrogen-bond donors (Lipinski definition) is 1. The summed E-state index contributed by atoms with van der Waals surface area (Å²) < 4.78 is 2.00. The summed E-state index contributed by atoms with van der Waals surface area (Å²) in [6.45, 7) is 2.72. The standard InChI is InChI=1S/C20H21Cl2N5OS/c1-4-27-19(13-5-8-15(9-6-13)26(2)3)24-25-20(27)29-12-18(28)23-17-11-14(21)7-10-16(17)22/h5-11H,4,12H2,1-3H3,(H,23,28). The normalized spacial score (nSPS) is 10.8. The van der Waals surface area contributed by atoms with E-state index in [-0.39, 0.29) is 11.7 Å². The van der Waals surface area contributed by atoms with Crippen LogP contribution in [-0.4, -0.2) is 40.5 Å². The first-order valence-corrected chi connectivity index (χ1v) is 10.7. The maximum absolute atomic E-state index is 12.3. The zero-order valence-corrected chi connectivity index (χ0v) is 18.6. The number of hydrogen-bond acceptors (Lipinski definition) is 5. The van der Waals surface area contributed by atoms with Crippen LogP contribution in [0.3, 0.4) is 0 Å². The fourth-order valence-corrected chi connectivity index (χ4v) is 3.85. The fourth-order valence-electron chi connectivity index (χ4n) is 2.71. The van der Waals surface area contributed by atoms with Crippen molar-refractivity contribution in [1.29, 1.82) is 0 Å². The number of rotatable bonds is 7. The number of aromatic nitrogens is 3. The molecule has 0 radical (unpaired) electrons. The van der Waals surface area contributed by atoms with E-state index in [1.54, 1.807) is 18.2 Å². The van der Waals surface area contributed by atoms with Crippen LogP contribution in [0.1, 0.15) is 6.92 Å². The van der Waals surface area contributed by atoms with Gasteiger partial charge in [0.05, 0.1) is 16.5 Å². The van der Waals surface area contributed by atoms with Crippen molar-refractivity contribution in [3.8, 4) is 11.4 Å². The summed E-state index contributed by atoms with van der Waals surface area (Å²) in [6.07, 6.45) is 0. The molecule has 1 aromatic heterocycles. The highest BCUT2D eigenvalue weighted by Crippen LogP contribution is 2.27. The Labute approximate surface area is 184 Å². The molecule has 0 saturated carbocycles. The Morgan fingerprint density at radius 1 is 1.14 bits per heavy atom. The SMILES string of the molecule is CCn1c(SCC(=O)Nc2cc(Cl)ccc2Cl)nnc1-c1ccc(N(C)C)cc1. The lowest BCUT2D eigenvalue weighted by Gasteiger charge is -2.13. The van der Waals surface area contributed by atoms with Gasteiger partial charge in [-0.15, -0.1) is 10.2 Å².